The first-order valence-corrected chi connectivity index (χ1v) is 7.26. The molecule has 0 fully saturated rings. The van der Waals surface area contributed by atoms with Crippen LogP contribution in [0.4, 0.5) is 5.69 Å². The summed E-state index contributed by atoms with van der Waals surface area (Å²) in [5.41, 5.74) is 3.97. The van der Waals surface area contributed by atoms with Gasteiger partial charge in [0.25, 0.3) is 0 Å². The summed E-state index contributed by atoms with van der Waals surface area (Å²) in [6.07, 6.45) is 3.35. The van der Waals surface area contributed by atoms with Crippen molar-refractivity contribution < 1.29 is 0 Å². The van der Waals surface area contributed by atoms with E-state index in [1.807, 2.05) is 18.2 Å². The van der Waals surface area contributed by atoms with E-state index < -0.39 is 0 Å². The lowest BCUT2D eigenvalue weighted by Gasteiger charge is -2.26. The molecule has 1 unspecified atom stereocenters. The molecule has 0 saturated heterocycles. The molecule has 0 bridgehead atoms. The van der Waals surface area contributed by atoms with Crippen molar-refractivity contribution in [2.45, 2.75) is 25.3 Å². The Kier molecular flexibility index (Phi) is 3.67. The largest absolute Gasteiger partial charge is 0.382 e. The molecule has 2 aromatic rings. The standard InChI is InChI=1S/C16H15Cl2N/c17-15-8-7-14(10-16(15)18)19-13-6-5-11-3-1-2-4-12(11)9-13/h1-4,7-8,10,13,19H,5-6,9H2. The Morgan fingerprint density at radius 3 is 2.53 bits per heavy atom. The van der Waals surface area contributed by atoms with E-state index in [0.29, 0.717) is 16.1 Å². The first-order chi connectivity index (χ1) is 9.22. The second kappa shape index (κ2) is 5.44. The van der Waals surface area contributed by atoms with Crippen molar-refractivity contribution >= 4 is 28.9 Å². The monoisotopic (exact) mass is 291 g/mol. The van der Waals surface area contributed by atoms with Gasteiger partial charge in [-0.3, -0.25) is 0 Å². The summed E-state index contributed by atoms with van der Waals surface area (Å²) in [7, 11) is 0. The maximum Gasteiger partial charge on any atom is 0.0612 e. The summed E-state index contributed by atoms with van der Waals surface area (Å²) in [5.74, 6) is 0. The Labute approximate surface area is 123 Å². The predicted octanol–water partition coefficient (Wildman–Crippen LogP) is 4.96. The van der Waals surface area contributed by atoms with Gasteiger partial charge >= 0.3 is 0 Å². The van der Waals surface area contributed by atoms with Gasteiger partial charge in [-0.15, -0.1) is 0 Å². The van der Waals surface area contributed by atoms with Crippen LogP contribution in [0.25, 0.3) is 0 Å². The lowest BCUT2D eigenvalue weighted by atomic mass is 9.88. The van der Waals surface area contributed by atoms with E-state index in [-0.39, 0.29) is 0 Å². The molecule has 1 nitrogen and oxygen atoms in total. The molecule has 1 N–H and O–H groups in total. The topological polar surface area (TPSA) is 12.0 Å². The van der Waals surface area contributed by atoms with Gasteiger partial charge in [0.2, 0.25) is 0 Å². The van der Waals surface area contributed by atoms with E-state index >= 15 is 0 Å². The number of anilines is 1. The van der Waals surface area contributed by atoms with Crippen LogP contribution in [0.15, 0.2) is 42.5 Å². The molecular weight excluding hydrogens is 277 g/mol. The minimum absolute atomic E-state index is 0.465. The number of aryl methyl sites for hydroxylation is 1. The molecule has 2 aromatic carbocycles. The normalized spacial score (nSPS) is 17.9. The number of nitrogens with one attached hydrogen (secondary N) is 1. The zero-order valence-electron chi connectivity index (χ0n) is 10.5. The summed E-state index contributed by atoms with van der Waals surface area (Å²) >= 11 is 12.0. The van der Waals surface area contributed by atoms with Gasteiger partial charge < -0.3 is 5.32 Å². The first kappa shape index (κ1) is 12.8. The highest BCUT2D eigenvalue weighted by Crippen LogP contribution is 2.28. The Morgan fingerprint density at radius 1 is 0.947 bits per heavy atom. The lowest BCUT2D eigenvalue weighted by molar-refractivity contribution is 0.611. The first-order valence-electron chi connectivity index (χ1n) is 6.51. The molecule has 0 amide bonds. The van der Waals surface area contributed by atoms with Crippen LogP contribution in [0.2, 0.25) is 10.0 Å². The molecule has 0 radical (unpaired) electrons. The summed E-state index contributed by atoms with van der Waals surface area (Å²) in [6, 6.07) is 14.9. The van der Waals surface area contributed by atoms with E-state index in [4.69, 9.17) is 23.2 Å². The highest BCUT2D eigenvalue weighted by molar-refractivity contribution is 6.42. The second-order valence-corrected chi connectivity index (χ2v) is 5.80. The van der Waals surface area contributed by atoms with Gasteiger partial charge in [-0.05, 0) is 48.6 Å². The smallest absolute Gasteiger partial charge is 0.0612 e. The summed E-state index contributed by atoms with van der Waals surface area (Å²) < 4.78 is 0. The third-order valence-corrected chi connectivity index (χ3v) is 4.38. The predicted molar refractivity (Wildman–Crippen MR) is 82.3 cm³/mol. The minimum atomic E-state index is 0.465. The maximum absolute atomic E-state index is 6.04. The lowest BCUT2D eigenvalue weighted by Crippen LogP contribution is -2.27. The van der Waals surface area contributed by atoms with Crippen LogP contribution in [0.5, 0.6) is 0 Å². The average Bonchev–Trinajstić information content (AvgIpc) is 2.43. The molecule has 3 heteroatoms. The molecule has 0 aromatic heterocycles. The third kappa shape index (κ3) is 2.88. The quantitative estimate of drug-likeness (QED) is 0.824. The van der Waals surface area contributed by atoms with Crippen LogP contribution >= 0.6 is 23.2 Å². The second-order valence-electron chi connectivity index (χ2n) is 4.98. The Balaban J connectivity index is 1.73. The van der Waals surface area contributed by atoms with E-state index in [2.05, 4.69) is 29.6 Å². The molecular formula is C16H15Cl2N. The number of hydrogen-bond acceptors (Lipinski definition) is 1. The number of fused-ring (bicyclic) bond motifs is 1. The molecule has 3 rings (SSSR count). The Bertz CT molecular complexity index is 595. The van der Waals surface area contributed by atoms with E-state index in [9.17, 15) is 0 Å². The maximum atomic E-state index is 6.04. The van der Waals surface area contributed by atoms with Gasteiger partial charge in [0, 0.05) is 11.7 Å². The van der Waals surface area contributed by atoms with Crippen molar-refractivity contribution in [2.24, 2.45) is 0 Å². The van der Waals surface area contributed by atoms with Crippen LogP contribution in [-0.4, -0.2) is 6.04 Å². The van der Waals surface area contributed by atoms with Crippen LogP contribution in [0.3, 0.4) is 0 Å². The van der Waals surface area contributed by atoms with Crippen molar-refractivity contribution in [1.82, 2.24) is 0 Å². The summed E-state index contributed by atoms with van der Waals surface area (Å²) in [6.45, 7) is 0. The van der Waals surface area contributed by atoms with Crippen molar-refractivity contribution in [3.05, 3.63) is 63.6 Å². The molecule has 0 saturated carbocycles. The van der Waals surface area contributed by atoms with E-state index in [1.165, 1.54) is 11.1 Å². The van der Waals surface area contributed by atoms with Crippen molar-refractivity contribution in [3.8, 4) is 0 Å². The number of rotatable bonds is 2. The van der Waals surface area contributed by atoms with Gasteiger partial charge in [-0.1, -0.05) is 47.5 Å². The summed E-state index contributed by atoms with van der Waals surface area (Å²) in [4.78, 5) is 0. The Morgan fingerprint density at radius 2 is 1.74 bits per heavy atom. The third-order valence-electron chi connectivity index (χ3n) is 3.64. The average molecular weight is 292 g/mol. The van der Waals surface area contributed by atoms with Gasteiger partial charge in [-0.25, -0.2) is 0 Å². The highest BCUT2D eigenvalue weighted by atomic mass is 35.5. The van der Waals surface area contributed by atoms with Crippen LogP contribution in [0, 0.1) is 0 Å². The molecule has 1 aliphatic rings. The SMILES string of the molecule is Clc1ccc(NC2CCc3ccccc3C2)cc1Cl. The van der Waals surface area contributed by atoms with E-state index in [1.54, 1.807) is 0 Å². The molecule has 19 heavy (non-hydrogen) atoms. The fourth-order valence-corrected chi connectivity index (χ4v) is 2.94. The van der Waals surface area contributed by atoms with Gasteiger partial charge in [0.05, 0.1) is 10.0 Å². The fourth-order valence-electron chi connectivity index (χ4n) is 2.64. The Hall–Kier alpha value is -1.18. The van der Waals surface area contributed by atoms with Gasteiger partial charge in [0.1, 0.15) is 0 Å². The molecule has 0 heterocycles. The molecule has 1 atom stereocenters. The molecule has 98 valence electrons. The number of benzene rings is 2. The van der Waals surface area contributed by atoms with E-state index in [0.717, 1.165) is 24.9 Å². The van der Waals surface area contributed by atoms with Crippen LogP contribution in [-0.2, 0) is 12.8 Å². The van der Waals surface area contributed by atoms with Crippen molar-refractivity contribution in [3.63, 3.8) is 0 Å². The number of hydrogen-bond donors (Lipinski definition) is 1. The summed E-state index contributed by atoms with van der Waals surface area (Å²) in [5, 5.41) is 4.74. The fraction of sp³-hybridized carbons (Fsp3) is 0.250. The van der Waals surface area contributed by atoms with Crippen LogP contribution in [0.1, 0.15) is 17.5 Å². The van der Waals surface area contributed by atoms with Crippen molar-refractivity contribution in [2.75, 3.05) is 5.32 Å². The van der Waals surface area contributed by atoms with Crippen molar-refractivity contribution in [1.29, 1.82) is 0 Å². The number of halogens is 2. The van der Waals surface area contributed by atoms with Gasteiger partial charge in [-0.2, -0.15) is 0 Å². The molecule has 0 aliphatic heterocycles. The highest BCUT2D eigenvalue weighted by Gasteiger charge is 2.18. The van der Waals surface area contributed by atoms with Gasteiger partial charge in [0.15, 0.2) is 0 Å². The molecule has 1 aliphatic carbocycles. The minimum Gasteiger partial charge on any atom is -0.382 e. The zero-order chi connectivity index (χ0) is 13.2. The van der Waals surface area contributed by atoms with Crippen LogP contribution < -0.4 is 5.32 Å². The molecule has 0 spiro atoms. The zero-order valence-corrected chi connectivity index (χ0v) is 12.0.